The van der Waals surface area contributed by atoms with Crippen LogP contribution in [0.3, 0.4) is 0 Å². The van der Waals surface area contributed by atoms with E-state index in [1.807, 2.05) is 32.0 Å². The largest absolute Gasteiger partial charge is 0.494 e. The summed E-state index contributed by atoms with van der Waals surface area (Å²) in [7, 11) is 1.71. The van der Waals surface area contributed by atoms with E-state index in [2.05, 4.69) is 26.7 Å². The van der Waals surface area contributed by atoms with Gasteiger partial charge in [-0.05, 0) is 43.2 Å². The Kier molecular flexibility index (Phi) is 9.10. The van der Waals surface area contributed by atoms with Gasteiger partial charge < -0.3 is 19.9 Å². The summed E-state index contributed by atoms with van der Waals surface area (Å²) in [5, 5.41) is 6.49. The first-order valence-corrected chi connectivity index (χ1v) is 9.54. The number of halogens is 2. The Labute approximate surface area is 193 Å². The highest BCUT2D eigenvalue weighted by atomic mass is 127. The third kappa shape index (κ3) is 6.19. The molecule has 0 bridgehead atoms. The van der Waals surface area contributed by atoms with Crippen LogP contribution in [0.1, 0.15) is 23.6 Å². The second kappa shape index (κ2) is 11.5. The van der Waals surface area contributed by atoms with Crippen LogP contribution in [0.4, 0.5) is 4.39 Å². The molecule has 8 heteroatoms. The summed E-state index contributed by atoms with van der Waals surface area (Å²) in [4.78, 5) is 8.19. The van der Waals surface area contributed by atoms with Crippen LogP contribution in [0.5, 0.6) is 5.75 Å². The average Bonchev–Trinajstić information content (AvgIpc) is 3.24. The first kappa shape index (κ1) is 23.7. The zero-order valence-electron chi connectivity index (χ0n) is 17.4. The number of guanidine groups is 1. The second-order valence-electron chi connectivity index (χ2n) is 6.58. The molecule has 0 atom stereocenters. The number of aryl methyl sites for hydroxylation is 1. The molecule has 30 heavy (non-hydrogen) atoms. The van der Waals surface area contributed by atoms with Gasteiger partial charge in [-0.1, -0.05) is 18.2 Å². The summed E-state index contributed by atoms with van der Waals surface area (Å²) < 4.78 is 21.8. The van der Waals surface area contributed by atoms with Crippen LogP contribution in [-0.2, 0) is 13.1 Å². The average molecular weight is 523 g/mol. The predicted octanol–water partition coefficient (Wildman–Crippen LogP) is 4.20. The standard InChI is InChI=1S/C22H26FN5O.HI/c1-4-29-21-11-16(2)5-7-18(21)14-27-22(24-3)26-13-17-6-8-20(19(23)12-17)28-10-9-25-15-28;/h5-12,15H,4,13-14H2,1-3H3,(H2,24,26,27);1H. The van der Waals surface area contributed by atoms with E-state index < -0.39 is 0 Å². The third-order valence-corrected chi connectivity index (χ3v) is 4.45. The Morgan fingerprint density at radius 1 is 1.17 bits per heavy atom. The molecule has 1 heterocycles. The highest BCUT2D eigenvalue weighted by Gasteiger charge is 2.08. The number of aromatic nitrogens is 2. The van der Waals surface area contributed by atoms with Crippen LogP contribution in [-0.4, -0.2) is 29.2 Å². The molecule has 0 fully saturated rings. The van der Waals surface area contributed by atoms with Gasteiger partial charge in [0.05, 0.1) is 18.6 Å². The van der Waals surface area contributed by atoms with E-state index in [9.17, 15) is 4.39 Å². The lowest BCUT2D eigenvalue weighted by Crippen LogP contribution is -2.36. The molecule has 0 aliphatic rings. The number of aliphatic imine (C=N–C) groups is 1. The zero-order chi connectivity index (χ0) is 20.6. The summed E-state index contributed by atoms with van der Waals surface area (Å²) in [6.07, 6.45) is 4.91. The molecular weight excluding hydrogens is 496 g/mol. The van der Waals surface area contributed by atoms with Crippen LogP contribution in [0.25, 0.3) is 5.69 Å². The number of hydrogen-bond donors (Lipinski definition) is 2. The molecule has 2 aromatic carbocycles. The molecule has 0 aliphatic heterocycles. The number of nitrogens with zero attached hydrogens (tertiary/aromatic N) is 3. The van der Waals surface area contributed by atoms with Crippen LogP contribution in [0.2, 0.25) is 0 Å². The van der Waals surface area contributed by atoms with Crippen molar-refractivity contribution < 1.29 is 9.13 Å². The van der Waals surface area contributed by atoms with Gasteiger partial charge in [-0.3, -0.25) is 4.99 Å². The summed E-state index contributed by atoms with van der Waals surface area (Å²) >= 11 is 0. The van der Waals surface area contributed by atoms with Gasteiger partial charge in [-0.15, -0.1) is 24.0 Å². The maximum atomic E-state index is 14.4. The van der Waals surface area contributed by atoms with Crippen molar-refractivity contribution in [1.29, 1.82) is 0 Å². The molecule has 0 unspecified atom stereocenters. The van der Waals surface area contributed by atoms with E-state index in [1.54, 1.807) is 36.4 Å². The van der Waals surface area contributed by atoms with Crippen molar-refractivity contribution in [1.82, 2.24) is 20.2 Å². The van der Waals surface area contributed by atoms with Gasteiger partial charge >= 0.3 is 0 Å². The number of benzene rings is 2. The fourth-order valence-corrected chi connectivity index (χ4v) is 2.95. The summed E-state index contributed by atoms with van der Waals surface area (Å²) in [5.74, 6) is 1.20. The molecule has 6 nitrogen and oxygen atoms in total. The topological polar surface area (TPSA) is 63.5 Å². The van der Waals surface area contributed by atoms with Crippen LogP contribution < -0.4 is 15.4 Å². The number of ether oxygens (including phenoxy) is 1. The lowest BCUT2D eigenvalue weighted by Gasteiger charge is -2.15. The van der Waals surface area contributed by atoms with Gasteiger partial charge in [-0.25, -0.2) is 9.37 Å². The quantitative estimate of drug-likeness (QED) is 0.277. The third-order valence-electron chi connectivity index (χ3n) is 4.45. The molecule has 0 amide bonds. The second-order valence-corrected chi connectivity index (χ2v) is 6.58. The van der Waals surface area contributed by atoms with Crippen LogP contribution in [0.15, 0.2) is 60.1 Å². The van der Waals surface area contributed by atoms with Crippen molar-refractivity contribution in [2.45, 2.75) is 26.9 Å². The monoisotopic (exact) mass is 523 g/mol. The molecule has 0 aliphatic carbocycles. The lowest BCUT2D eigenvalue weighted by molar-refractivity contribution is 0.336. The fourth-order valence-electron chi connectivity index (χ4n) is 2.95. The molecule has 0 saturated heterocycles. The van der Waals surface area contributed by atoms with Gasteiger partial charge in [0.15, 0.2) is 5.96 Å². The van der Waals surface area contributed by atoms with Crippen molar-refractivity contribution in [2.24, 2.45) is 4.99 Å². The Balaban J connectivity index is 0.00000320. The predicted molar refractivity (Wildman–Crippen MR) is 128 cm³/mol. The van der Waals surface area contributed by atoms with Gasteiger partial charge in [0, 0.05) is 38.1 Å². The smallest absolute Gasteiger partial charge is 0.191 e. The van der Waals surface area contributed by atoms with E-state index in [1.165, 1.54) is 6.07 Å². The summed E-state index contributed by atoms with van der Waals surface area (Å²) in [5.41, 5.74) is 3.49. The fraction of sp³-hybridized carbons (Fsp3) is 0.273. The first-order chi connectivity index (χ1) is 14.1. The molecule has 3 aromatic rings. The molecule has 0 spiro atoms. The van der Waals surface area contributed by atoms with E-state index in [0.29, 0.717) is 31.3 Å². The Bertz CT molecular complexity index is 976. The van der Waals surface area contributed by atoms with Gasteiger partial charge in [-0.2, -0.15) is 0 Å². The molecule has 1 aromatic heterocycles. The van der Waals surface area contributed by atoms with Gasteiger partial charge in [0.2, 0.25) is 0 Å². The molecule has 0 radical (unpaired) electrons. The van der Waals surface area contributed by atoms with E-state index >= 15 is 0 Å². The molecule has 3 rings (SSSR count). The van der Waals surface area contributed by atoms with Crippen molar-refractivity contribution >= 4 is 29.9 Å². The number of imidazole rings is 1. The van der Waals surface area contributed by atoms with Crippen molar-refractivity contribution in [2.75, 3.05) is 13.7 Å². The molecular formula is C22H27FIN5O. The van der Waals surface area contributed by atoms with Crippen LogP contribution >= 0.6 is 24.0 Å². The Hall–Kier alpha value is -2.62. The Morgan fingerprint density at radius 3 is 2.63 bits per heavy atom. The SMILES string of the molecule is CCOc1cc(C)ccc1CNC(=NC)NCc1ccc(-n2ccnc2)c(F)c1.I. The highest BCUT2D eigenvalue weighted by Crippen LogP contribution is 2.20. The van der Waals surface area contributed by atoms with Crippen molar-refractivity contribution in [3.63, 3.8) is 0 Å². The van der Waals surface area contributed by atoms with E-state index in [4.69, 9.17) is 4.74 Å². The summed E-state index contributed by atoms with van der Waals surface area (Å²) in [6.45, 7) is 5.65. The minimum absolute atomic E-state index is 0. The van der Waals surface area contributed by atoms with Crippen molar-refractivity contribution in [3.05, 3.63) is 77.6 Å². The van der Waals surface area contributed by atoms with Gasteiger partial charge in [0.1, 0.15) is 11.6 Å². The van der Waals surface area contributed by atoms with Gasteiger partial charge in [0.25, 0.3) is 0 Å². The molecule has 0 saturated carbocycles. The van der Waals surface area contributed by atoms with E-state index in [0.717, 1.165) is 22.4 Å². The molecule has 160 valence electrons. The van der Waals surface area contributed by atoms with E-state index in [-0.39, 0.29) is 29.8 Å². The number of nitrogens with one attached hydrogen (secondary N) is 2. The number of hydrogen-bond acceptors (Lipinski definition) is 3. The normalized spacial score (nSPS) is 11.0. The molecule has 2 N–H and O–H groups in total. The highest BCUT2D eigenvalue weighted by molar-refractivity contribution is 14.0. The maximum Gasteiger partial charge on any atom is 0.191 e. The van der Waals surface area contributed by atoms with Crippen LogP contribution in [0, 0.1) is 12.7 Å². The minimum atomic E-state index is -0.300. The zero-order valence-corrected chi connectivity index (χ0v) is 19.7. The lowest BCUT2D eigenvalue weighted by atomic mass is 10.1. The Morgan fingerprint density at radius 2 is 1.97 bits per heavy atom. The summed E-state index contributed by atoms with van der Waals surface area (Å²) in [6, 6.07) is 11.3. The minimum Gasteiger partial charge on any atom is -0.494 e. The van der Waals surface area contributed by atoms with Crippen molar-refractivity contribution in [3.8, 4) is 11.4 Å². The number of rotatable bonds is 7. The first-order valence-electron chi connectivity index (χ1n) is 9.54. The maximum absolute atomic E-state index is 14.4.